The summed E-state index contributed by atoms with van der Waals surface area (Å²) in [6.07, 6.45) is 6.48. The Morgan fingerprint density at radius 1 is 0.875 bits per heavy atom. The normalized spacial score (nSPS) is 16.0. The third-order valence-corrected chi connectivity index (χ3v) is 6.54. The summed E-state index contributed by atoms with van der Waals surface area (Å²) in [6, 6.07) is 6.45. The zero-order valence-electron chi connectivity index (χ0n) is 21.0. The molecule has 0 spiro atoms. The third kappa shape index (κ3) is 10.2. The van der Waals surface area contributed by atoms with E-state index >= 15 is 0 Å². The predicted molar refractivity (Wildman–Crippen MR) is 129 cm³/mol. The van der Waals surface area contributed by atoms with Gasteiger partial charge < -0.3 is 14.6 Å². The Morgan fingerprint density at radius 3 is 1.97 bits per heavy atom. The zero-order valence-corrected chi connectivity index (χ0v) is 21.0. The first-order valence-corrected chi connectivity index (χ1v) is 12.2. The Kier molecular flexibility index (Phi) is 12.6. The van der Waals surface area contributed by atoms with Crippen molar-refractivity contribution in [1.29, 1.82) is 0 Å². The maximum Gasteiger partial charge on any atom is 0.338 e. The SMILES string of the molecule is CCC(C)CCC(C)CCOC(=O)c1ccc(C(=O)OC(C)(CC)CC(C)CCO)cc1. The minimum absolute atomic E-state index is 0.128. The highest BCUT2D eigenvalue weighted by atomic mass is 16.6. The second-order valence-corrected chi connectivity index (χ2v) is 9.71. The molecule has 0 saturated carbocycles. The summed E-state index contributed by atoms with van der Waals surface area (Å²) in [7, 11) is 0. The Bertz CT molecular complexity index is 684. The second kappa shape index (κ2) is 14.3. The molecule has 5 nitrogen and oxygen atoms in total. The zero-order chi connectivity index (χ0) is 24.1. The van der Waals surface area contributed by atoms with Crippen LogP contribution >= 0.6 is 0 Å². The number of hydrogen-bond donors (Lipinski definition) is 1. The molecular weight excluding hydrogens is 404 g/mol. The van der Waals surface area contributed by atoms with Crippen molar-refractivity contribution in [2.75, 3.05) is 13.2 Å². The number of hydrogen-bond acceptors (Lipinski definition) is 5. The van der Waals surface area contributed by atoms with Crippen molar-refractivity contribution in [1.82, 2.24) is 0 Å². The maximum absolute atomic E-state index is 12.6. The van der Waals surface area contributed by atoms with Crippen LogP contribution in [0.3, 0.4) is 0 Å². The van der Waals surface area contributed by atoms with Gasteiger partial charge in [-0.15, -0.1) is 0 Å². The van der Waals surface area contributed by atoms with Crippen molar-refractivity contribution in [3.8, 4) is 0 Å². The van der Waals surface area contributed by atoms with Gasteiger partial charge in [-0.2, -0.15) is 0 Å². The molecule has 0 aromatic heterocycles. The summed E-state index contributed by atoms with van der Waals surface area (Å²) in [5, 5.41) is 9.13. The minimum Gasteiger partial charge on any atom is -0.462 e. The van der Waals surface area contributed by atoms with E-state index < -0.39 is 11.6 Å². The molecule has 1 N–H and O–H groups in total. The van der Waals surface area contributed by atoms with Crippen molar-refractivity contribution in [3.63, 3.8) is 0 Å². The van der Waals surface area contributed by atoms with Crippen molar-refractivity contribution < 1.29 is 24.2 Å². The largest absolute Gasteiger partial charge is 0.462 e. The van der Waals surface area contributed by atoms with Crippen molar-refractivity contribution in [3.05, 3.63) is 35.4 Å². The van der Waals surface area contributed by atoms with Crippen LogP contribution in [0, 0.1) is 17.8 Å². The molecule has 0 aliphatic carbocycles. The van der Waals surface area contributed by atoms with Crippen LogP contribution in [0.1, 0.15) is 107 Å². The molecule has 182 valence electrons. The first-order chi connectivity index (χ1) is 15.1. The molecule has 4 atom stereocenters. The van der Waals surface area contributed by atoms with Gasteiger partial charge >= 0.3 is 11.9 Å². The molecule has 32 heavy (non-hydrogen) atoms. The second-order valence-electron chi connectivity index (χ2n) is 9.71. The quantitative estimate of drug-likeness (QED) is 0.313. The fourth-order valence-corrected chi connectivity index (χ4v) is 3.70. The fourth-order valence-electron chi connectivity index (χ4n) is 3.70. The average Bonchev–Trinajstić information content (AvgIpc) is 2.77. The van der Waals surface area contributed by atoms with E-state index in [1.54, 1.807) is 24.3 Å². The third-order valence-electron chi connectivity index (χ3n) is 6.54. The summed E-state index contributed by atoms with van der Waals surface area (Å²) < 4.78 is 11.2. The molecule has 5 heteroatoms. The molecule has 0 fully saturated rings. The van der Waals surface area contributed by atoms with Gasteiger partial charge in [-0.05, 0) is 74.6 Å². The van der Waals surface area contributed by atoms with E-state index in [1.807, 2.05) is 20.8 Å². The molecule has 1 aromatic carbocycles. The number of carbonyl (C=O) groups excluding carboxylic acids is 2. The van der Waals surface area contributed by atoms with Gasteiger partial charge in [0.1, 0.15) is 5.60 Å². The van der Waals surface area contributed by atoms with Crippen LogP contribution in [0.4, 0.5) is 0 Å². The first-order valence-electron chi connectivity index (χ1n) is 12.2. The van der Waals surface area contributed by atoms with Gasteiger partial charge in [0.2, 0.25) is 0 Å². The summed E-state index contributed by atoms with van der Waals surface area (Å²) >= 11 is 0. The van der Waals surface area contributed by atoms with E-state index in [2.05, 4.69) is 20.8 Å². The molecule has 0 aliphatic rings. The maximum atomic E-state index is 12.6. The van der Waals surface area contributed by atoms with Crippen LogP contribution in [-0.2, 0) is 9.47 Å². The summed E-state index contributed by atoms with van der Waals surface area (Å²) in [5.74, 6) is 0.759. The number of benzene rings is 1. The Morgan fingerprint density at radius 2 is 1.44 bits per heavy atom. The first kappa shape index (κ1) is 28.2. The average molecular weight is 449 g/mol. The van der Waals surface area contributed by atoms with Gasteiger partial charge in [0.25, 0.3) is 0 Å². The molecule has 0 radical (unpaired) electrons. The van der Waals surface area contributed by atoms with Gasteiger partial charge in [-0.3, -0.25) is 0 Å². The smallest absolute Gasteiger partial charge is 0.338 e. The molecule has 4 unspecified atom stereocenters. The number of aliphatic hydroxyl groups is 1. The Hall–Kier alpha value is -1.88. The van der Waals surface area contributed by atoms with Crippen LogP contribution in [-0.4, -0.2) is 35.9 Å². The van der Waals surface area contributed by atoms with E-state index in [4.69, 9.17) is 14.6 Å². The lowest BCUT2D eigenvalue weighted by atomic mass is 9.89. The van der Waals surface area contributed by atoms with Crippen molar-refractivity contribution >= 4 is 11.9 Å². The fraction of sp³-hybridized carbons (Fsp3) is 0.704. The molecule has 0 aliphatic heterocycles. The number of aliphatic hydroxyl groups excluding tert-OH is 1. The topological polar surface area (TPSA) is 72.8 Å². The molecule has 1 aromatic rings. The van der Waals surface area contributed by atoms with E-state index in [0.717, 1.165) is 18.8 Å². The lowest BCUT2D eigenvalue weighted by Gasteiger charge is -2.31. The van der Waals surface area contributed by atoms with Gasteiger partial charge in [0.15, 0.2) is 0 Å². The van der Waals surface area contributed by atoms with E-state index in [9.17, 15) is 9.59 Å². The molecule has 0 heterocycles. The van der Waals surface area contributed by atoms with Crippen LogP contribution in [0.15, 0.2) is 24.3 Å². The lowest BCUT2D eigenvalue weighted by Crippen LogP contribution is -2.33. The molecule has 1 rings (SSSR count). The predicted octanol–water partition coefficient (Wildman–Crippen LogP) is 6.43. The standard InChI is InChI=1S/C27H44O5/c1-7-20(3)9-10-21(4)16-18-31-25(29)23-11-13-24(14-12-23)26(30)32-27(6,8-2)19-22(5)15-17-28/h11-14,20-22,28H,7-10,15-19H2,1-6H3. The monoisotopic (exact) mass is 448 g/mol. The van der Waals surface area contributed by atoms with Gasteiger partial charge in [-0.1, -0.05) is 53.9 Å². The summed E-state index contributed by atoms with van der Waals surface area (Å²) in [6.45, 7) is 13.2. The highest BCUT2D eigenvalue weighted by molar-refractivity contribution is 5.93. The van der Waals surface area contributed by atoms with Crippen molar-refractivity contribution in [2.45, 2.75) is 92.1 Å². The Labute approximate surface area is 194 Å². The number of ether oxygens (including phenoxy) is 2. The summed E-state index contributed by atoms with van der Waals surface area (Å²) in [5.41, 5.74) is 0.257. The summed E-state index contributed by atoms with van der Waals surface area (Å²) in [4.78, 5) is 24.9. The van der Waals surface area contributed by atoms with E-state index in [-0.39, 0.29) is 18.5 Å². The van der Waals surface area contributed by atoms with Crippen LogP contribution < -0.4 is 0 Å². The van der Waals surface area contributed by atoms with Gasteiger partial charge in [0.05, 0.1) is 17.7 Å². The van der Waals surface area contributed by atoms with Crippen LogP contribution in [0.25, 0.3) is 0 Å². The van der Waals surface area contributed by atoms with Gasteiger partial charge in [-0.25, -0.2) is 9.59 Å². The van der Waals surface area contributed by atoms with Crippen molar-refractivity contribution in [2.24, 2.45) is 17.8 Å². The molecular formula is C27H44O5. The highest BCUT2D eigenvalue weighted by Gasteiger charge is 2.29. The number of rotatable bonds is 15. The van der Waals surface area contributed by atoms with Crippen LogP contribution in [0.5, 0.6) is 0 Å². The molecule has 0 amide bonds. The molecule has 0 saturated heterocycles. The Balaban J connectivity index is 2.55. The molecule has 0 bridgehead atoms. The lowest BCUT2D eigenvalue weighted by molar-refractivity contribution is -0.0230. The highest BCUT2D eigenvalue weighted by Crippen LogP contribution is 2.27. The number of esters is 2. The minimum atomic E-state index is -0.588. The number of carbonyl (C=O) groups is 2. The van der Waals surface area contributed by atoms with Gasteiger partial charge in [0, 0.05) is 6.61 Å². The van der Waals surface area contributed by atoms with Crippen LogP contribution in [0.2, 0.25) is 0 Å². The van der Waals surface area contributed by atoms with E-state index in [1.165, 1.54) is 12.8 Å². The van der Waals surface area contributed by atoms with E-state index in [0.29, 0.717) is 42.9 Å².